The molecule has 0 spiro atoms. The number of thiophene rings is 1. The van der Waals surface area contributed by atoms with E-state index in [1.807, 2.05) is 13.0 Å². The fourth-order valence-electron chi connectivity index (χ4n) is 1.84. The lowest BCUT2D eigenvalue weighted by molar-refractivity contribution is 1.01. The number of nitrogens with two attached hydrogens (primary N) is 1. The van der Waals surface area contributed by atoms with Crippen LogP contribution in [-0.2, 0) is 0 Å². The van der Waals surface area contributed by atoms with Gasteiger partial charge in [0.2, 0.25) is 0 Å². The number of rotatable bonds is 0. The Morgan fingerprint density at radius 2 is 2.06 bits per heavy atom. The molecule has 0 aromatic carbocycles. The van der Waals surface area contributed by atoms with E-state index in [-0.39, 0.29) is 0 Å². The Labute approximate surface area is 96.1 Å². The summed E-state index contributed by atoms with van der Waals surface area (Å²) < 4.78 is 1.00. The third kappa shape index (κ3) is 1.12. The van der Waals surface area contributed by atoms with Gasteiger partial charge in [-0.05, 0) is 25.5 Å². The normalized spacial score (nSPS) is 11.4. The molecule has 3 aromatic rings. The average molecular weight is 230 g/mol. The number of pyridine rings is 1. The van der Waals surface area contributed by atoms with Crippen molar-refractivity contribution in [3.8, 4) is 0 Å². The summed E-state index contributed by atoms with van der Waals surface area (Å²) in [4.78, 5) is 5.02. The van der Waals surface area contributed by atoms with Crippen molar-refractivity contribution >= 4 is 37.5 Å². The van der Waals surface area contributed by atoms with E-state index in [0.29, 0.717) is 5.82 Å². The Hall–Kier alpha value is -1.75. The number of fused-ring (bicyclic) bond motifs is 3. The first-order valence-corrected chi connectivity index (χ1v) is 5.76. The second kappa shape index (κ2) is 3.12. The molecule has 0 radical (unpaired) electrons. The predicted molar refractivity (Wildman–Crippen MR) is 66.6 cm³/mol. The summed E-state index contributed by atoms with van der Waals surface area (Å²) in [6.07, 6.45) is 1.74. The van der Waals surface area contributed by atoms with Gasteiger partial charge in [-0.2, -0.15) is 5.10 Å². The van der Waals surface area contributed by atoms with E-state index < -0.39 is 0 Å². The zero-order valence-electron chi connectivity index (χ0n) is 8.98. The number of anilines is 1. The lowest BCUT2D eigenvalue weighted by Crippen LogP contribution is -1.90. The first-order valence-electron chi connectivity index (χ1n) is 4.95. The smallest absolute Gasteiger partial charge is 0.147 e. The fraction of sp³-hybridized carbons (Fsp3) is 0.182. The Morgan fingerprint density at radius 3 is 2.88 bits per heavy atom. The summed E-state index contributed by atoms with van der Waals surface area (Å²) >= 11 is 1.55. The summed E-state index contributed by atoms with van der Waals surface area (Å²) in [6.45, 7) is 4.03. The fourth-order valence-corrected chi connectivity index (χ4v) is 2.92. The standard InChI is InChI=1S/C11H10N4S/c1-5-6(2)14-15-11-8(5)7-3-4-13-10(12)9(7)16-11/h3-4H,1-2H3,(H2,12,13). The number of aryl methyl sites for hydroxylation is 2. The van der Waals surface area contributed by atoms with Gasteiger partial charge in [-0.1, -0.05) is 0 Å². The SMILES string of the molecule is Cc1nnc2sc3c(N)nccc3c2c1C. The van der Waals surface area contributed by atoms with Crippen molar-refractivity contribution in [1.82, 2.24) is 15.2 Å². The van der Waals surface area contributed by atoms with Crippen LogP contribution in [0.25, 0.3) is 20.3 Å². The maximum atomic E-state index is 5.86. The number of hydrogen-bond donors (Lipinski definition) is 1. The zero-order valence-corrected chi connectivity index (χ0v) is 9.80. The molecule has 3 rings (SSSR count). The molecule has 3 aromatic heterocycles. The largest absolute Gasteiger partial charge is 0.383 e. The van der Waals surface area contributed by atoms with Crippen LogP contribution in [-0.4, -0.2) is 15.2 Å². The summed E-state index contributed by atoms with van der Waals surface area (Å²) in [5.74, 6) is 0.567. The Bertz CT molecular complexity index is 702. The molecule has 0 amide bonds. The summed E-state index contributed by atoms with van der Waals surface area (Å²) in [6, 6.07) is 1.98. The Balaban J connectivity index is 2.63. The molecule has 5 heteroatoms. The maximum absolute atomic E-state index is 5.86. The number of nitrogens with zero attached hydrogens (tertiary/aromatic N) is 3. The first kappa shape index (κ1) is 9.47. The molecule has 0 fully saturated rings. The quantitative estimate of drug-likeness (QED) is 0.644. The second-order valence-corrected chi connectivity index (χ2v) is 4.76. The van der Waals surface area contributed by atoms with Gasteiger partial charge in [0, 0.05) is 17.0 Å². The molecule has 0 atom stereocenters. The lowest BCUT2D eigenvalue weighted by Gasteiger charge is -1.99. The van der Waals surface area contributed by atoms with Crippen LogP contribution in [0.5, 0.6) is 0 Å². The molecular weight excluding hydrogens is 220 g/mol. The van der Waals surface area contributed by atoms with Crippen LogP contribution in [0.3, 0.4) is 0 Å². The molecule has 3 heterocycles. The lowest BCUT2D eigenvalue weighted by atomic mass is 10.1. The molecule has 0 aliphatic rings. The van der Waals surface area contributed by atoms with E-state index in [4.69, 9.17) is 5.73 Å². The number of nitrogen functional groups attached to an aromatic ring is 1. The molecule has 4 nitrogen and oxygen atoms in total. The summed E-state index contributed by atoms with van der Waals surface area (Å²) in [5, 5.41) is 10.6. The van der Waals surface area contributed by atoms with Gasteiger partial charge in [0.05, 0.1) is 10.4 Å². The summed E-state index contributed by atoms with van der Waals surface area (Å²) in [5.41, 5.74) is 7.99. The highest BCUT2D eigenvalue weighted by Gasteiger charge is 2.12. The van der Waals surface area contributed by atoms with Crippen LogP contribution in [0.4, 0.5) is 5.82 Å². The van der Waals surface area contributed by atoms with Crippen molar-refractivity contribution in [3.63, 3.8) is 0 Å². The second-order valence-electron chi connectivity index (χ2n) is 3.77. The van der Waals surface area contributed by atoms with Gasteiger partial charge < -0.3 is 5.73 Å². The highest BCUT2D eigenvalue weighted by Crippen LogP contribution is 2.36. The van der Waals surface area contributed by atoms with E-state index in [1.54, 1.807) is 17.5 Å². The van der Waals surface area contributed by atoms with Gasteiger partial charge in [0.25, 0.3) is 0 Å². The number of hydrogen-bond acceptors (Lipinski definition) is 5. The molecule has 80 valence electrons. The van der Waals surface area contributed by atoms with Crippen molar-refractivity contribution in [2.45, 2.75) is 13.8 Å². The zero-order chi connectivity index (χ0) is 11.3. The van der Waals surface area contributed by atoms with E-state index in [2.05, 4.69) is 22.1 Å². The third-order valence-corrected chi connectivity index (χ3v) is 3.93. The molecule has 0 aliphatic carbocycles. The van der Waals surface area contributed by atoms with Crippen LogP contribution in [0, 0.1) is 13.8 Å². The Kier molecular flexibility index (Phi) is 1.85. The van der Waals surface area contributed by atoms with Crippen molar-refractivity contribution in [2.24, 2.45) is 0 Å². The topological polar surface area (TPSA) is 64.7 Å². The monoisotopic (exact) mass is 230 g/mol. The third-order valence-electron chi connectivity index (χ3n) is 2.82. The minimum absolute atomic E-state index is 0.567. The minimum atomic E-state index is 0.567. The highest BCUT2D eigenvalue weighted by molar-refractivity contribution is 7.26. The van der Waals surface area contributed by atoms with Crippen LogP contribution >= 0.6 is 11.3 Å². The van der Waals surface area contributed by atoms with Gasteiger partial charge in [-0.25, -0.2) is 4.98 Å². The van der Waals surface area contributed by atoms with Crippen LogP contribution in [0.15, 0.2) is 12.3 Å². The van der Waals surface area contributed by atoms with Crippen molar-refractivity contribution in [1.29, 1.82) is 0 Å². The van der Waals surface area contributed by atoms with Gasteiger partial charge >= 0.3 is 0 Å². The van der Waals surface area contributed by atoms with E-state index >= 15 is 0 Å². The van der Waals surface area contributed by atoms with E-state index in [0.717, 1.165) is 26.0 Å². The number of aromatic nitrogens is 3. The average Bonchev–Trinajstić information content (AvgIpc) is 2.64. The molecule has 0 unspecified atom stereocenters. The first-order chi connectivity index (χ1) is 7.68. The maximum Gasteiger partial charge on any atom is 0.147 e. The van der Waals surface area contributed by atoms with Gasteiger partial charge in [-0.3, -0.25) is 0 Å². The van der Waals surface area contributed by atoms with E-state index in [9.17, 15) is 0 Å². The van der Waals surface area contributed by atoms with Crippen molar-refractivity contribution in [2.75, 3.05) is 5.73 Å². The molecule has 16 heavy (non-hydrogen) atoms. The van der Waals surface area contributed by atoms with Crippen LogP contribution in [0.1, 0.15) is 11.3 Å². The highest BCUT2D eigenvalue weighted by atomic mass is 32.1. The predicted octanol–water partition coefficient (Wildman–Crippen LogP) is 2.44. The Morgan fingerprint density at radius 1 is 1.25 bits per heavy atom. The molecule has 0 saturated carbocycles. The molecule has 2 N–H and O–H groups in total. The van der Waals surface area contributed by atoms with Crippen LogP contribution in [0.2, 0.25) is 0 Å². The minimum Gasteiger partial charge on any atom is -0.383 e. The molecule has 0 bridgehead atoms. The van der Waals surface area contributed by atoms with Gasteiger partial charge in [0.15, 0.2) is 0 Å². The van der Waals surface area contributed by atoms with Gasteiger partial charge in [0.1, 0.15) is 10.6 Å². The van der Waals surface area contributed by atoms with Gasteiger partial charge in [-0.15, -0.1) is 16.4 Å². The summed E-state index contributed by atoms with van der Waals surface area (Å²) in [7, 11) is 0. The van der Waals surface area contributed by atoms with Crippen molar-refractivity contribution in [3.05, 3.63) is 23.5 Å². The molecule has 0 saturated heterocycles. The van der Waals surface area contributed by atoms with E-state index in [1.165, 1.54) is 5.56 Å². The molecule has 0 aliphatic heterocycles. The van der Waals surface area contributed by atoms with Crippen molar-refractivity contribution < 1.29 is 0 Å². The van der Waals surface area contributed by atoms with Crippen LogP contribution < -0.4 is 5.73 Å². The molecular formula is C11H10N4S.